The highest BCUT2D eigenvalue weighted by atomic mass is 35.5. The van der Waals surface area contributed by atoms with Gasteiger partial charge in [-0.3, -0.25) is 13.9 Å². The summed E-state index contributed by atoms with van der Waals surface area (Å²) in [4.78, 5) is 28.5. The van der Waals surface area contributed by atoms with E-state index >= 15 is 0 Å². The van der Waals surface area contributed by atoms with Crippen molar-refractivity contribution >= 4 is 62.3 Å². The smallest absolute Gasteiger partial charge is 0.264 e. The number of hydrogen-bond donors (Lipinski definition) is 1. The first-order valence-corrected chi connectivity index (χ1v) is 15.3. The van der Waals surface area contributed by atoms with E-state index in [2.05, 4.69) is 5.32 Å². The van der Waals surface area contributed by atoms with Crippen LogP contribution in [0.2, 0.25) is 15.1 Å². The Hall–Kier alpha value is -2.78. The highest BCUT2D eigenvalue weighted by molar-refractivity contribution is 7.92. The van der Waals surface area contributed by atoms with Crippen molar-refractivity contribution in [3.05, 3.63) is 92.4 Å². The average molecular weight is 625 g/mol. The number of sulfonamides is 1. The zero-order chi connectivity index (χ0) is 29.6. The number of likely N-dealkylation sites (N-methyl/N-ethyl adjacent to an activating group) is 1. The second kappa shape index (κ2) is 13.7. The lowest BCUT2D eigenvalue weighted by Crippen LogP contribution is -2.52. The Morgan fingerprint density at radius 1 is 0.925 bits per heavy atom. The van der Waals surface area contributed by atoms with Gasteiger partial charge in [0.15, 0.2) is 0 Å². The molecule has 0 aliphatic rings. The summed E-state index contributed by atoms with van der Waals surface area (Å²) in [7, 11) is -4.22. The van der Waals surface area contributed by atoms with E-state index in [4.69, 9.17) is 34.8 Å². The summed E-state index contributed by atoms with van der Waals surface area (Å²) in [6, 6.07) is 15.3. The first kappa shape index (κ1) is 31.7. The summed E-state index contributed by atoms with van der Waals surface area (Å²) in [5, 5.41) is 3.72. The molecule has 0 bridgehead atoms. The molecule has 0 aromatic heterocycles. The molecule has 3 aromatic rings. The maximum Gasteiger partial charge on any atom is 0.264 e. The van der Waals surface area contributed by atoms with Gasteiger partial charge < -0.3 is 10.2 Å². The van der Waals surface area contributed by atoms with E-state index in [0.29, 0.717) is 32.7 Å². The fraction of sp³-hybridized carbons (Fsp3) is 0.310. The van der Waals surface area contributed by atoms with Crippen LogP contribution in [0.4, 0.5) is 5.69 Å². The molecule has 0 heterocycles. The third-order valence-electron chi connectivity index (χ3n) is 6.45. The van der Waals surface area contributed by atoms with E-state index in [-0.39, 0.29) is 29.5 Å². The molecule has 0 aliphatic carbocycles. The van der Waals surface area contributed by atoms with Crippen molar-refractivity contribution in [1.29, 1.82) is 0 Å². The highest BCUT2D eigenvalue weighted by Crippen LogP contribution is 2.31. The second-order valence-electron chi connectivity index (χ2n) is 9.30. The van der Waals surface area contributed by atoms with Crippen LogP contribution in [-0.2, 0) is 26.2 Å². The monoisotopic (exact) mass is 623 g/mol. The van der Waals surface area contributed by atoms with E-state index in [1.807, 2.05) is 6.92 Å². The predicted octanol–water partition coefficient (Wildman–Crippen LogP) is 6.40. The Balaban J connectivity index is 2.14. The van der Waals surface area contributed by atoms with Gasteiger partial charge in [0, 0.05) is 33.7 Å². The summed E-state index contributed by atoms with van der Waals surface area (Å²) in [6.07, 6.45) is 0.278. The lowest BCUT2D eigenvalue weighted by Gasteiger charge is -2.34. The minimum Gasteiger partial charge on any atom is -0.355 e. The van der Waals surface area contributed by atoms with Crippen LogP contribution in [-0.4, -0.2) is 44.3 Å². The number of hydrogen-bond acceptors (Lipinski definition) is 4. The van der Waals surface area contributed by atoms with Gasteiger partial charge in [-0.2, -0.15) is 0 Å². The molecule has 0 aliphatic heterocycles. The van der Waals surface area contributed by atoms with Gasteiger partial charge in [0.25, 0.3) is 10.0 Å². The Morgan fingerprint density at radius 2 is 1.55 bits per heavy atom. The van der Waals surface area contributed by atoms with Crippen LogP contribution in [0, 0.1) is 13.8 Å². The molecule has 1 N–H and O–H groups in total. The topological polar surface area (TPSA) is 86.8 Å². The number of aryl methyl sites for hydroxylation is 2. The molecule has 0 fully saturated rings. The van der Waals surface area contributed by atoms with Crippen molar-refractivity contribution < 1.29 is 18.0 Å². The van der Waals surface area contributed by atoms with Gasteiger partial charge in [0.1, 0.15) is 12.6 Å². The normalized spacial score (nSPS) is 12.1. The van der Waals surface area contributed by atoms with Crippen LogP contribution in [0.15, 0.2) is 65.6 Å². The van der Waals surface area contributed by atoms with Gasteiger partial charge in [-0.15, -0.1) is 0 Å². The van der Waals surface area contributed by atoms with Gasteiger partial charge in [-0.1, -0.05) is 71.6 Å². The standard InChI is InChI=1S/C29H32Cl3N3O4S/c1-5-26(29(37)33-6-2)34(17-23-24(31)8-7-9-25(23)32)28(36)18-35(27-16-21(30)13-12-20(27)4)40(38,39)22-14-10-19(3)11-15-22/h7-16,26H,5-6,17-18H2,1-4H3,(H,33,37)/t26-/m1/s1. The van der Waals surface area contributed by atoms with Crippen LogP contribution < -0.4 is 9.62 Å². The number of carbonyl (C=O) groups is 2. The molecule has 7 nitrogen and oxygen atoms in total. The third kappa shape index (κ3) is 7.29. The van der Waals surface area contributed by atoms with Crippen LogP contribution in [0.3, 0.4) is 0 Å². The molecule has 0 unspecified atom stereocenters. The van der Waals surface area contributed by atoms with Crippen LogP contribution in [0.5, 0.6) is 0 Å². The van der Waals surface area contributed by atoms with Gasteiger partial charge in [0.05, 0.1) is 10.6 Å². The Bertz CT molecular complexity index is 1460. The number of benzene rings is 3. The molecule has 3 rings (SSSR count). The van der Waals surface area contributed by atoms with E-state index in [1.165, 1.54) is 23.1 Å². The fourth-order valence-corrected chi connectivity index (χ4v) is 6.42. The van der Waals surface area contributed by atoms with Gasteiger partial charge in [-0.05, 0) is 69.2 Å². The largest absolute Gasteiger partial charge is 0.355 e. The van der Waals surface area contributed by atoms with Crippen molar-refractivity contribution in [2.24, 2.45) is 0 Å². The molecule has 0 spiro atoms. The third-order valence-corrected chi connectivity index (χ3v) is 9.17. The number of nitrogens with one attached hydrogen (secondary N) is 1. The second-order valence-corrected chi connectivity index (χ2v) is 12.4. The lowest BCUT2D eigenvalue weighted by molar-refractivity contribution is -0.140. The molecule has 0 radical (unpaired) electrons. The van der Waals surface area contributed by atoms with Crippen molar-refractivity contribution in [3.63, 3.8) is 0 Å². The Labute approximate surface area is 251 Å². The molecular formula is C29H32Cl3N3O4S. The lowest BCUT2D eigenvalue weighted by atomic mass is 10.1. The molecule has 2 amide bonds. The molecule has 40 heavy (non-hydrogen) atoms. The van der Waals surface area contributed by atoms with Crippen molar-refractivity contribution in [2.75, 3.05) is 17.4 Å². The molecule has 214 valence electrons. The molecule has 3 aromatic carbocycles. The first-order chi connectivity index (χ1) is 18.9. The minimum atomic E-state index is -4.22. The van der Waals surface area contributed by atoms with Gasteiger partial charge in [0.2, 0.25) is 11.8 Å². The zero-order valence-electron chi connectivity index (χ0n) is 22.7. The SMILES string of the molecule is CCNC(=O)[C@@H](CC)N(Cc1c(Cl)cccc1Cl)C(=O)CN(c1cc(Cl)ccc1C)S(=O)(=O)c1ccc(C)cc1. The molecular weight excluding hydrogens is 593 g/mol. The van der Waals surface area contributed by atoms with Gasteiger partial charge in [-0.25, -0.2) is 8.42 Å². The van der Waals surface area contributed by atoms with Crippen LogP contribution >= 0.6 is 34.8 Å². The Kier molecular flexibility index (Phi) is 10.9. The zero-order valence-corrected chi connectivity index (χ0v) is 25.8. The fourth-order valence-electron chi connectivity index (χ4n) is 4.27. The highest BCUT2D eigenvalue weighted by Gasteiger charge is 2.34. The van der Waals surface area contributed by atoms with Crippen molar-refractivity contribution in [1.82, 2.24) is 10.2 Å². The Morgan fingerprint density at radius 3 is 2.12 bits per heavy atom. The predicted molar refractivity (Wildman–Crippen MR) is 162 cm³/mol. The summed E-state index contributed by atoms with van der Waals surface area (Å²) in [5.74, 6) is -0.974. The maximum atomic E-state index is 14.1. The van der Waals surface area contributed by atoms with Crippen LogP contribution in [0.1, 0.15) is 37.0 Å². The summed E-state index contributed by atoms with van der Waals surface area (Å²) in [6.45, 7) is 6.81. The summed E-state index contributed by atoms with van der Waals surface area (Å²) < 4.78 is 29.0. The number of rotatable bonds is 11. The van der Waals surface area contributed by atoms with E-state index in [9.17, 15) is 18.0 Å². The minimum absolute atomic E-state index is 0.0155. The molecule has 1 atom stereocenters. The van der Waals surface area contributed by atoms with Crippen LogP contribution in [0.25, 0.3) is 0 Å². The van der Waals surface area contributed by atoms with Crippen molar-refractivity contribution in [2.45, 2.75) is 51.6 Å². The summed E-state index contributed by atoms with van der Waals surface area (Å²) in [5.41, 5.74) is 2.19. The molecule has 0 saturated heterocycles. The molecule has 11 heteroatoms. The first-order valence-electron chi connectivity index (χ1n) is 12.8. The number of carbonyl (C=O) groups excluding carboxylic acids is 2. The number of nitrogens with zero attached hydrogens (tertiary/aromatic N) is 2. The maximum absolute atomic E-state index is 14.1. The number of halogens is 3. The number of amides is 2. The van der Waals surface area contributed by atoms with E-state index < -0.39 is 28.5 Å². The van der Waals surface area contributed by atoms with E-state index in [1.54, 1.807) is 63.2 Å². The van der Waals surface area contributed by atoms with E-state index in [0.717, 1.165) is 9.87 Å². The average Bonchev–Trinajstić information content (AvgIpc) is 2.90. The van der Waals surface area contributed by atoms with Gasteiger partial charge >= 0.3 is 0 Å². The quantitative estimate of drug-likeness (QED) is 0.267. The number of anilines is 1. The van der Waals surface area contributed by atoms with Crippen molar-refractivity contribution in [3.8, 4) is 0 Å². The summed E-state index contributed by atoms with van der Waals surface area (Å²) >= 11 is 19.1. The molecule has 0 saturated carbocycles.